The van der Waals surface area contributed by atoms with Gasteiger partial charge in [-0.1, -0.05) is 0 Å². The Kier molecular flexibility index (Phi) is 4.13. The third-order valence-electron chi connectivity index (χ3n) is 3.35. The van der Waals surface area contributed by atoms with Gasteiger partial charge in [-0.05, 0) is 32.0 Å². The van der Waals surface area contributed by atoms with Crippen molar-refractivity contribution in [3.8, 4) is 0 Å². The first kappa shape index (κ1) is 15.2. The third-order valence-corrected chi connectivity index (χ3v) is 3.35. The lowest BCUT2D eigenvalue weighted by Gasteiger charge is -2.41. The Morgan fingerprint density at radius 2 is 2.14 bits per heavy atom. The van der Waals surface area contributed by atoms with Gasteiger partial charge in [0, 0.05) is 6.54 Å². The lowest BCUT2D eigenvalue weighted by molar-refractivity contribution is -0.0249. The number of nitrogens with zero attached hydrogens (tertiary/aromatic N) is 1. The van der Waals surface area contributed by atoms with Crippen molar-refractivity contribution in [2.75, 3.05) is 25.1 Å². The van der Waals surface area contributed by atoms with Crippen LogP contribution in [0.3, 0.4) is 0 Å². The van der Waals surface area contributed by atoms with Gasteiger partial charge in [0.1, 0.15) is 5.82 Å². The van der Waals surface area contributed by atoms with Gasteiger partial charge in [-0.3, -0.25) is 0 Å². The molecule has 1 aromatic carbocycles. The number of urea groups is 1. The zero-order valence-corrected chi connectivity index (χ0v) is 11.9. The molecule has 0 aliphatic carbocycles. The summed E-state index contributed by atoms with van der Waals surface area (Å²) in [7, 11) is 0. The molecule has 0 saturated carbocycles. The number of nitrogens with one attached hydrogen (secondary N) is 1. The second kappa shape index (κ2) is 5.69. The van der Waals surface area contributed by atoms with Crippen LogP contribution >= 0.6 is 0 Å². The molecule has 0 atom stereocenters. The van der Waals surface area contributed by atoms with E-state index in [2.05, 4.69) is 5.32 Å². The molecular formula is C14H17FN2O4. The summed E-state index contributed by atoms with van der Waals surface area (Å²) in [6, 6.07) is 2.92. The molecule has 0 radical (unpaired) electrons. The molecule has 1 fully saturated rings. The first-order valence-electron chi connectivity index (χ1n) is 6.50. The van der Waals surface area contributed by atoms with Crippen molar-refractivity contribution in [1.29, 1.82) is 0 Å². The Labute approximate surface area is 121 Å². The minimum absolute atomic E-state index is 0.0488. The first-order chi connectivity index (χ1) is 9.81. The number of carbonyl (C=O) groups is 2. The number of anilines is 1. The number of rotatable bonds is 2. The zero-order chi connectivity index (χ0) is 15.6. The van der Waals surface area contributed by atoms with Crippen LogP contribution in [0.15, 0.2) is 18.2 Å². The molecule has 7 heteroatoms. The maximum Gasteiger partial charge on any atom is 0.335 e. The predicted octanol–water partition coefficient (Wildman–Crippen LogP) is 2.17. The Morgan fingerprint density at radius 1 is 1.43 bits per heavy atom. The lowest BCUT2D eigenvalue weighted by Crippen LogP contribution is -2.56. The first-order valence-corrected chi connectivity index (χ1v) is 6.50. The Balaban J connectivity index is 2.14. The van der Waals surface area contributed by atoms with Crippen LogP contribution in [0.2, 0.25) is 0 Å². The highest BCUT2D eigenvalue weighted by atomic mass is 19.1. The molecule has 114 valence electrons. The summed E-state index contributed by atoms with van der Waals surface area (Å²) in [5.41, 5.74) is -0.704. The molecule has 1 aliphatic heterocycles. The molecule has 1 aliphatic rings. The van der Waals surface area contributed by atoms with Crippen molar-refractivity contribution < 1.29 is 23.8 Å². The summed E-state index contributed by atoms with van der Waals surface area (Å²) in [6.07, 6.45) is 0. The summed E-state index contributed by atoms with van der Waals surface area (Å²) in [4.78, 5) is 24.5. The van der Waals surface area contributed by atoms with Gasteiger partial charge in [-0.2, -0.15) is 0 Å². The maximum atomic E-state index is 13.8. The molecule has 1 heterocycles. The molecule has 2 rings (SSSR count). The quantitative estimate of drug-likeness (QED) is 0.876. The molecule has 0 aromatic heterocycles. The van der Waals surface area contributed by atoms with Crippen LogP contribution in [-0.4, -0.2) is 47.3 Å². The zero-order valence-electron chi connectivity index (χ0n) is 11.9. The number of carboxylic acid groups (broad SMARTS) is 1. The average molecular weight is 296 g/mol. The number of ether oxygens (including phenoxy) is 1. The van der Waals surface area contributed by atoms with E-state index in [0.717, 1.165) is 6.07 Å². The average Bonchev–Trinajstić information content (AvgIpc) is 2.40. The van der Waals surface area contributed by atoms with Crippen molar-refractivity contribution >= 4 is 17.7 Å². The van der Waals surface area contributed by atoms with Crippen molar-refractivity contribution in [2.45, 2.75) is 19.4 Å². The Bertz CT molecular complexity index is 574. The Morgan fingerprint density at radius 3 is 2.71 bits per heavy atom. The van der Waals surface area contributed by atoms with Crippen LogP contribution in [0, 0.1) is 5.82 Å². The number of morpholine rings is 1. The fraction of sp³-hybridized carbons (Fsp3) is 0.429. The molecule has 0 bridgehead atoms. The van der Waals surface area contributed by atoms with Crippen LogP contribution < -0.4 is 5.32 Å². The van der Waals surface area contributed by atoms with Gasteiger partial charge in [-0.25, -0.2) is 14.0 Å². The summed E-state index contributed by atoms with van der Waals surface area (Å²) in [6.45, 7) is 4.96. The van der Waals surface area contributed by atoms with E-state index in [9.17, 15) is 14.0 Å². The number of halogens is 1. The van der Waals surface area contributed by atoms with Crippen molar-refractivity contribution in [2.24, 2.45) is 0 Å². The number of benzene rings is 1. The van der Waals surface area contributed by atoms with Gasteiger partial charge in [-0.15, -0.1) is 0 Å². The van der Waals surface area contributed by atoms with E-state index in [1.807, 2.05) is 13.8 Å². The Hall–Kier alpha value is -2.15. The standard InChI is InChI=1S/C14H17FN2O4/c1-14(2)8-21-6-5-17(14)13(20)16-11-4-3-9(12(18)19)7-10(11)15/h3-4,7H,5-6,8H2,1-2H3,(H,16,20)(H,18,19). The molecule has 2 amide bonds. The van der Waals surface area contributed by atoms with Gasteiger partial charge < -0.3 is 20.1 Å². The second-order valence-corrected chi connectivity index (χ2v) is 5.45. The molecule has 1 saturated heterocycles. The minimum atomic E-state index is -1.22. The number of aromatic carboxylic acids is 1. The van der Waals surface area contributed by atoms with E-state index in [4.69, 9.17) is 9.84 Å². The van der Waals surface area contributed by atoms with Crippen LogP contribution in [0.1, 0.15) is 24.2 Å². The topological polar surface area (TPSA) is 78.9 Å². The molecule has 6 nitrogen and oxygen atoms in total. The van der Waals surface area contributed by atoms with Crippen molar-refractivity contribution in [1.82, 2.24) is 4.90 Å². The lowest BCUT2D eigenvalue weighted by atomic mass is 10.0. The summed E-state index contributed by atoms with van der Waals surface area (Å²) in [5.74, 6) is -2.00. The second-order valence-electron chi connectivity index (χ2n) is 5.45. The van der Waals surface area contributed by atoms with Gasteiger partial charge in [0.25, 0.3) is 0 Å². The van der Waals surface area contributed by atoms with Gasteiger partial charge in [0.15, 0.2) is 0 Å². The number of amides is 2. The molecule has 21 heavy (non-hydrogen) atoms. The van der Waals surface area contributed by atoms with E-state index >= 15 is 0 Å². The van der Waals surface area contributed by atoms with E-state index in [1.54, 1.807) is 4.90 Å². The van der Waals surface area contributed by atoms with Crippen molar-refractivity contribution in [3.63, 3.8) is 0 Å². The highest BCUT2D eigenvalue weighted by Crippen LogP contribution is 2.22. The van der Waals surface area contributed by atoms with Gasteiger partial charge in [0.2, 0.25) is 0 Å². The maximum absolute atomic E-state index is 13.8. The van der Waals surface area contributed by atoms with E-state index in [0.29, 0.717) is 19.8 Å². The van der Waals surface area contributed by atoms with E-state index in [-0.39, 0.29) is 11.3 Å². The van der Waals surface area contributed by atoms with Gasteiger partial charge in [0.05, 0.1) is 30.0 Å². The predicted molar refractivity (Wildman–Crippen MR) is 74.0 cm³/mol. The fourth-order valence-corrected chi connectivity index (χ4v) is 2.17. The fourth-order valence-electron chi connectivity index (χ4n) is 2.17. The SMILES string of the molecule is CC1(C)COCCN1C(=O)Nc1ccc(C(=O)O)cc1F. The molecule has 0 spiro atoms. The summed E-state index contributed by atoms with van der Waals surface area (Å²) < 4.78 is 19.1. The van der Waals surface area contributed by atoms with Crippen LogP contribution in [0.4, 0.5) is 14.9 Å². The van der Waals surface area contributed by atoms with Crippen LogP contribution in [0.5, 0.6) is 0 Å². The normalized spacial score (nSPS) is 17.4. The third kappa shape index (κ3) is 3.30. The number of hydrogen-bond acceptors (Lipinski definition) is 3. The van der Waals surface area contributed by atoms with Crippen LogP contribution in [0.25, 0.3) is 0 Å². The molecule has 1 aromatic rings. The highest BCUT2D eigenvalue weighted by molar-refractivity contribution is 5.92. The largest absolute Gasteiger partial charge is 0.478 e. The number of hydrogen-bond donors (Lipinski definition) is 2. The minimum Gasteiger partial charge on any atom is -0.478 e. The molecular weight excluding hydrogens is 279 g/mol. The highest BCUT2D eigenvalue weighted by Gasteiger charge is 2.34. The van der Waals surface area contributed by atoms with E-state index < -0.39 is 23.4 Å². The number of carbonyl (C=O) groups excluding carboxylic acids is 1. The van der Waals surface area contributed by atoms with Crippen LogP contribution in [-0.2, 0) is 4.74 Å². The smallest absolute Gasteiger partial charge is 0.335 e. The summed E-state index contributed by atoms with van der Waals surface area (Å²) in [5, 5.41) is 11.2. The van der Waals surface area contributed by atoms with E-state index in [1.165, 1.54) is 12.1 Å². The molecule has 2 N–H and O–H groups in total. The van der Waals surface area contributed by atoms with Gasteiger partial charge >= 0.3 is 12.0 Å². The van der Waals surface area contributed by atoms with Crippen molar-refractivity contribution in [3.05, 3.63) is 29.6 Å². The summed E-state index contributed by atoms with van der Waals surface area (Å²) >= 11 is 0. The molecule has 0 unspecified atom stereocenters. The monoisotopic (exact) mass is 296 g/mol. The number of carboxylic acids is 1.